The number of rotatable bonds is 5. The Balaban J connectivity index is 1.92. The molecular weight excluding hydrogens is 323 g/mol. The number of hydrogen-bond acceptors (Lipinski definition) is 4. The molecule has 0 bridgehead atoms. The van der Waals surface area contributed by atoms with Gasteiger partial charge in [0.05, 0.1) is 17.6 Å². The minimum Gasteiger partial charge on any atom is -0.457 e. The van der Waals surface area contributed by atoms with Crippen molar-refractivity contribution >= 4 is 16.8 Å². The molecule has 0 saturated heterocycles. The van der Waals surface area contributed by atoms with Gasteiger partial charge in [-0.25, -0.2) is 4.39 Å². The van der Waals surface area contributed by atoms with Crippen LogP contribution in [-0.4, -0.2) is 35.1 Å². The van der Waals surface area contributed by atoms with E-state index in [1.54, 1.807) is 38.4 Å². The third kappa shape index (κ3) is 3.61. The Kier molecular flexibility index (Phi) is 4.67. The smallest absolute Gasteiger partial charge is 0.228 e. The summed E-state index contributed by atoms with van der Waals surface area (Å²) >= 11 is 0. The first kappa shape index (κ1) is 16.9. The van der Waals surface area contributed by atoms with E-state index in [-0.39, 0.29) is 24.7 Å². The van der Waals surface area contributed by atoms with Crippen LogP contribution < -0.4 is 10.5 Å². The fourth-order valence-electron chi connectivity index (χ4n) is 2.48. The number of halogens is 1. The molecule has 0 spiro atoms. The lowest BCUT2D eigenvalue weighted by molar-refractivity contribution is -0.128. The molecule has 1 aromatic heterocycles. The number of likely N-dealkylation sites (N-methyl/N-ethyl adjacent to an activating group) is 1. The molecule has 0 aliphatic heterocycles. The van der Waals surface area contributed by atoms with Gasteiger partial charge in [0.2, 0.25) is 5.91 Å². The van der Waals surface area contributed by atoms with Gasteiger partial charge >= 0.3 is 0 Å². The van der Waals surface area contributed by atoms with Crippen molar-refractivity contribution in [3.05, 3.63) is 53.5 Å². The van der Waals surface area contributed by atoms with E-state index in [1.165, 1.54) is 17.0 Å². The molecule has 3 aromatic rings. The normalized spacial score (nSPS) is 10.9. The number of aromatic nitrogens is 2. The van der Waals surface area contributed by atoms with Crippen LogP contribution in [0.3, 0.4) is 0 Å². The first-order chi connectivity index (χ1) is 12.0. The highest BCUT2D eigenvalue weighted by Crippen LogP contribution is 2.29. The van der Waals surface area contributed by atoms with Crippen LogP contribution in [0.4, 0.5) is 4.39 Å². The molecule has 0 aliphatic rings. The van der Waals surface area contributed by atoms with Gasteiger partial charge in [0.25, 0.3) is 0 Å². The Hall–Kier alpha value is -2.93. The summed E-state index contributed by atoms with van der Waals surface area (Å²) in [5.74, 6) is 0.676. The predicted octanol–water partition coefficient (Wildman–Crippen LogP) is 2.58. The quantitative estimate of drug-likeness (QED) is 0.746. The summed E-state index contributed by atoms with van der Waals surface area (Å²) in [7, 11) is 3.41. The molecule has 3 rings (SSSR count). The molecular formula is C18H19FN4O2. The van der Waals surface area contributed by atoms with Gasteiger partial charge in [0, 0.05) is 31.6 Å². The van der Waals surface area contributed by atoms with Gasteiger partial charge < -0.3 is 15.4 Å². The number of nitrogens with two attached hydrogens (primary N) is 1. The molecule has 0 radical (unpaired) electrons. The van der Waals surface area contributed by atoms with Gasteiger partial charge in [0.15, 0.2) is 0 Å². The number of carbonyl (C=O) groups is 1. The summed E-state index contributed by atoms with van der Waals surface area (Å²) in [6.07, 6.45) is 0.220. The second-order valence-corrected chi connectivity index (χ2v) is 5.90. The van der Waals surface area contributed by atoms with Gasteiger partial charge in [-0.3, -0.25) is 9.89 Å². The number of aromatic amines is 1. The van der Waals surface area contributed by atoms with E-state index < -0.39 is 0 Å². The standard InChI is InChI=1S/C18H19FN4O2/c1-23(2)18(24)9-16-14-8-13(4-5-15(14)21-22-16)25-17-6-3-12(19)7-11(17)10-20/h3-8H,9-10,20H2,1-2H3,(H,21,22). The van der Waals surface area contributed by atoms with E-state index in [9.17, 15) is 9.18 Å². The molecule has 0 saturated carbocycles. The summed E-state index contributed by atoms with van der Waals surface area (Å²) in [6.45, 7) is 0.170. The van der Waals surface area contributed by atoms with Crippen LogP contribution in [0.25, 0.3) is 10.9 Å². The molecule has 0 fully saturated rings. The molecule has 0 aliphatic carbocycles. The summed E-state index contributed by atoms with van der Waals surface area (Å²) in [5, 5.41) is 7.91. The number of carbonyl (C=O) groups excluding carboxylic acids is 1. The van der Waals surface area contributed by atoms with Crippen molar-refractivity contribution < 1.29 is 13.9 Å². The summed E-state index contributed by atoms with van der Waals surface area (Å²) < 4.78 is 19.2. The topological polar surface area (TPSA) is 84.2 Å². The number of nitrogens with one attached hydrogen (secondary N) is 1. The number of fused-ring (bicyclic) bond motifs is 1. The maximum absolute atomic E-state index is 13.3. The third-order valence-corrected chi connectivity index (χ3v) is 3.90. The number of H-pyrrole nitrogens is 1. The van der Waals surface area contributed by atoms with E-state index in [1.807, 2.05) is 0 Å². The molecule has 7 heteroatoms. The lowest BCUT2D eigenvalue weighted by Gasteiger charge is -2.11. The number of ether oxygens (including phenoxy) is 1. The number of benzene rings is 2. The van der Waals surface area contributed by atoms with Gasteiger partial charge in [-0.15, -0.1) is 0 Å². The fraction of sp³-hybridized carbons (Fsp3) is 0.222. The fourth-order valence-corrected chi connectivity index (χ4v) is 2.48. The molecule has 0 unspecified atom stereocenters. The Labute approximate surface area is 144 Å². The van der Waals surface area contributed by atoms with E-state index >= 15 is 0 Å². The van der Waals surface area contributed by atoms with Crippen LogP contribution in [0, 0.1) is 5.82 Å². The van der Waals surface area contributed by atoms with Crippen LogP contribution in [0.2, 0.25) is 0 Å². The lowest BCUT2D eigenvalue weighted by atomic mass is 10.1. The van der Waals surface area contributed by atoms with Crippen molar-refractivity contribution in [2.24, 2.45) is 5.73 Å². The highest BCUT2D eigenvalue weighted by Gasteiger charge is 2.13. The number of nitrogens with zero attached hydrogens (tertiary/aromatic N) is 2. The molecule has 3 N–H and O–H groups in total. The summed E-state index contributed by atoms with van der Waals surface area (Å²) in [4.78, 5) is 13.5. The Morgan fingerprint density at radius 2 is 2.08 bits per heavy atom. The zero-order valence-corrected chi connectivity index (χ0v) is 14.0. The Morgan fingerprint density at radius 1 is 1.28 bits per heavy atom. The monoisotopic (exact) mass is 342 g/mol. The van der Waals surface area contributed by atoms with Crippen molar-refractivity contribution in [2.45, 2.75) is 13.0 Å². The van der Waals surface area contributed by atoms with Gasteiger partial charge in [-0.2, -0.15) is 5.10 Å². The van der Waals surface area contributed by atoms with Crippen molar-refractivity contribution in [1.29, 1.82) is 0 Å². The maximum atomic E-state index is 13.3. The molecule has 25 heavy (non-hydrogen) atoms. The van der Waals surface area contributed by atoms with Crippen molar-refractivity contribution in [1.82, 2.24) is 15.1 Å². The van der Waals surface area contributed by atoms with Crippen molar-refractivity contribution in [2.75, 3.05) is 14.1 Å². The first-order valence-corrected chi connectivity index (χ1v) is 7.81. The van der Waals surface area contributed by atoms with Crippen LogP contribution in [0.1, 0.15) is 11.3 Å². The zero-order chi connectivity index (χ0) is 18.0. The predicted molar refractivity (Wildman–Crippen MR) is 92.9 cm³/mol. The van der Waals surface area contributed by atoms with Crippen LogP contribution >= 0.6 is 0 Å². The molecule has 1 heterocycles. The van der Waals surface area contributed by atoms with E-state index in [4.69, 9.17) is 10.5 Å². The number of hydrogen-bond donors (Lipinski definition) is 2. The molecule has 130 valence electrons. The van der Waals surface area contributed by atoms with Crippen molar-refractivity contribution in [3.63, 3.8) is 0 Å². The van der Waals surface area contributed by atoms with E-state index in [0.717, 1.165) is 16.6 Å². The second kappa shape index (κ2) is 6.90. The highest BCUT2D eigenvalue weighted by atomic mass is 19.1. The van der Waals surface area contributed by atoms with Crippen molar-refractivity contribution in [3.8, 4) is 11.5 Å². The van der Waals surface area contributed by atoms with Crippen LogP contribution in [0.5, 0.6) is 11.5 Å². The average molecular weight is 342 g/mol. The third-order valence-electron chi connectivity index (χ3n) is 3.90. The Morgan fingerprint density at radius 3 is 2.80 bits per heavy atom. The second-order valence-electron chi connectivity index (χ2n) is 5.90. The van der Waals surface area contributed by atoms with Gasteiger partial charge in [-0.05, 0) is 36.4 Å². The minimum atomic E-state index is -0.359. The highest BCUT2D eigenvalue weighted by molar-refractivity contribution is 5.88. The molecule has 2 aromatic carbocycles. The minimum absolute atomic E-state index is 0.0270. The average Bonchev–Trinajstić information content (AvgIpc) is 2.98. The van der Waals surface area contributed by atoms with E-state index in [0.29, 0.717) is 17.1 Å². The molecule has 1 amide bonds. The summed E-state index contributed by atoms with van der Waals surface area (Å²) in [5.41, 5.74) is 7.69. The lowest BCUT2D eigenvalue weighted by Crippen LogP contribution is -2.23. The first-order valence-electron chi connectivity index (χ1n) is 7.81. The van der Waals surface area contributed by atoms with Gasteiger partial charge in [0.1, 0.15) is 17.3 Å². The molecule has 0 atom stereocenters. The van der Waals surface area contributed by atoms with E-state index in [2.05, 4.69) is 10.2 Å². The van der Waals surface area contributed by atoms with Crippen LogP contribution in [-0.2, 0) is 17.8 Å². The Bertz CT molecular complexity index is 921. The van der Waals surface area contributed by atoms with Crippen LogP contribution in [0.15, 0.2) is 36.4 Å². The molecule has 6 nitrogen and oxygen atoms in total. The zero-order valence-electron chi connectivity index (χ0n) is 14.0. The number of amides is 1. The largest absolute Gasteiger partial charge is 0.457 e. The SMILES string of the molecule is CN(C)C(=O)Cc1[nH]nc2ccc(Oc3ccc(F)cc3CN)cc12. The maximum Gasteiger partial charge on any atom is 0.228 e. The summed E-state index contributed by atoms with van der Waals surface area (Å²) in [6, 6.07) is 9.61. The van der Waals surface area contributed by atoms with Gasteiger partial charge in [-0.1, -0.05) is 0 Å².